The van der Waals surface area contributed by atoms with Crippen molar-refractivity contribution in [2.24, 2.45) is 5.92 Å². The Bertz CT molecular complexity index is 333. The van der Waals surface area contributed by atoms with Crippen LogP contribution in [0.5, 0.6) is 0 Å². The Kier molecular flexibility index (Phi) is 5.79. The van der Waals surface area contributed by atoms with E-state index in [0.717, 1.165) is 19.4 Å². The van der Waals surface area contributed by atoms with Gasteiger partial charge in [0.2, 0.25) is 5.91 Å². The number of hydrogen-bond donors (Lipinski definition) is 3. The summed E-state index contributed by atoms with van der Waals surface area (Å²) in [6, 6.07) is 0.0665. The van der Waals surface area contributed by atoms with Gasteiger partial charge in [0.25, 0.3) is 0 Å². The van der Waals surface area contributed by atoms with E-state index in [0.29, 0.717) is 25.2 Å². The number of carboxylic acid groups (broad SMARTS) is 1. The first-order chi connectivity index (χ1) is 8.89. The van der Waals surface area contributed by atoms with Crippen LogP contribution in [0, 0.1) is 5.92 Å². The number of carbonyl (C=O) groups excluding carboxylic acids is 1. The number of aliphatic carboxylic acids is 1. The standard InChI is InChI=1S/C14H26N2O3/c1-4-15-11(3)8-12(17)16-14(13(18)19)7-5-6-10(2)9-14/h10-11,15H,4-9H2,1-3H3,(H,16,17)(H,18,19). The van der Waals surface area contributed by atoms with Gasteiger partial charge in [-0.1, -0.05) is 26.7 Å². The van der Waals surface area contributed by atoms with Crippen molar-refractivity contribution in [2.75, 3.05) is 6.54 Å². The zero-order valence-electron chi connectivity index (χ0n) is 12.2. The van der Waals surface area contributed by atoms with E-state index in [1.54, 1.807) is 0 Å². The first-order valence-electron chi connectivity index (χ1n) is 7.17. The van der Waals surface area contributed by atoms with Gasteiger partial charge in [0.1, 0.15) is 5.54 Å². The van der Waals surface area contributed by atoms with Crippen molar-refractivity contribution < 1.29 is 14.7 Å². The van der Waals surface area contributed by atoms with E-state index < -0.39 is 11.5 Å². The van der Waals surface area contributed by atoms with Gasteiger partial charge >= 0.3 is 5.97 Å². The average Bonchev–Trinajstić information content (AvgIpc) is 2.28. The quantitative estimate of drug-likeness (QED) is 0.684. The molecule has 5 nitrogen and oxygen atoms in total. The molecule has 0 spiro atoms. The zero-order valence-corrected chi connectivity index (χ0v) is 12.2. The summed E-state index contributed by atoms with van der Waals surface area (Å²) in [4.78, 5) is 23.5. The van der Waals surface area contributed by atoms with Crippen LogP contribution in [0.4, 0.5) is 0 Å². The fourth-order valence-corrected chi connectivity index (χ4v) is 2.93. The van der Waals surface area contributed by atoms with Gasteiger partial charge in [-0.05, 0) is 32.2 Å². The summed E-state index contributed by atoms with van der Waals surface area (Å²) >= 11 is 0. The highest BCUT2D eigenvalue weighted by molar-refractivity contribution is 5.87. The van der Waals surface area contributed by atoms with Crippen LogP contribution in [0.2, 0.25) is 0 Å². The molecule has 110 valence electrons. The van der Waals surface area contributed by atoms with Gasteiger partial charge in [-0.2, -0.15) is 0 Å². The Morgan fingerprint density at radius 1 is 1.47 bits per heavy atom. The number of hydrogen-bond acceptors (Lipinski definition) is 3. The van der Waals surface area contributed by atoms with Crippen molar-refractivity contribution >= 4 is 11.9 Å². The molecule has 19 heavy (non-hydrogen) atoms. The molecule has 0 aromatic rings. The summed E-state index contributed by atoms with van der Waals surface area (Å²) in [5.41, 5.74) is -1.05. The maximum absolute atomic E-state index is 12.0. The lowest BCUT2D eigenvalue weighted by atomic mass is 9.76. The fourth-order valence-electron chi connectivity index (χ4n) is 2.93. The van der Waals surface area contributed by atoms with Gasteiger partial charge in [0.05, 0.1) is 0 Å². The lowest BCUT2D eigenvalue weighted by Gasteiger charge is -2.37. The van der Waals surface area contributed by atoms with Crippen LogP contribution >= 0.6 is 0 Å². The minimum atomic E-state index is -1.05. The molecule has 1 amide bonds. The molecule has 1 fully saturated rings. The van der Waals surface area contributed by atoms with Crippen LogP contribution in [0.25, 0.3) is 0 Å². The van der Waals surface area contributed by atoms with Crippen LogP contribution in [-0.4, -0.2) is 35.1 Å². The smallest absolute Gasteiger partial charge is 0.329 e. The van der Waals surface area contributed by atoms with Crippen LogP contribution in [0.1, 0.15) is 52.9 Å². The molecule has 0 bridgehead atoms. The molecule has 0 heterocycles. The number of rotatable bonds is 6. The van der Waals surface area contributed by atoms with E-state index in [1.165, 1.54) is 0 Å². The number of carbonyl (C=O) groups is 2. The van der Waals surface area contributed by atoms with Crippen LogP contribution in [-0.2, 0) is 9.59 Å². The second-order valence-electron chi connectivity index (χ2n) is 5.80. The van der Waals surface area contributed by atoms with Crippen molar-refractivity contribution in [1.82, 2.24) is 10.6 Å². The van der Waals surface area contributed by atoms with Crippen molar-refractivity contribution in [2.45, 2.75) is 64.5 Å². The third-order valence-corrected chi connectivity index (χ3v) is 3.83. The Labute approximate surface area is 115 Å². The highest BCUT2D eigenvalue weighted by atomic mass is 16.4. The highest BCUT2D eigenvalue weighted by Gasteiger charge is 2.43. The Morgan fingerprint density at radius 3 is 2.68 bits per heavy atom. The van der Waals surface area contributed by atoms with E-state index in [9.17, 15) is 14.7 Å². The Balaban J connectivity index is 2.63. The Hall–Kier alpha value is -1.10. The molecule has 5 heteroatoms. The maximum atomic E-state index is 12.0. The SMILES string of the molecule is CCNC(C)CC(=O)NC1(C(=O)O)CCCC(C)C1. The minimum Gasteiger partial charge on any atom is -0.480 e. The monoisotopic (exact) mass is 270 g/mol. The Morgan fingerprint density at radius 2 is 2.16 bits per heavy atom. The molecule has 3 N–H and O–H groups in total. The van der Waals surface area contributed by atoms with Crippen molar-refractivity contribution in [3.63, 3.8) is 0 Å². The van der Waals surface area contributed by atoms with Gasteiger partial charge < -0.3 is 15.7 Å². The molecule has 0 saturated heterocycles. The molecular formula is C14H26N2O3. The van der Waals surface area contributed by atoms with Crippen LogP contribution in [0.3, 0.4) is 0 Å². The molecule has 1 aliphatic carbocycles. The molecule has 0 radical (unpaired) electrons. The molecule has 1 saturated carbocycles. The first kappa shape index (κ1) is 16.0. The van der Waals surface area contributed by atoms with Gasteiger partial charge in [0.15, 0.2) is 0 Å². The summed E-state index contributed by atoms with van der Waals surface area (Å²) in [6.07, 6.45) is 3.28. The van der Waals surface area contributed by atoms with Crippen molar-refractivity contribution in [3.8, 4) is 0 Å². The normalized spacial score (nSPS) is 28.7. The van der Waals surface area contributed by atoms with Crippen molar-refractivity contribution in [3.05, 3.63) is 0 Å². The number of amides is 1. The van der Waals surface area contributed by atoms with Gasteiger partial charge in [-0.25, -0.2) is 4.79 Å². The van der Waals surface area contributed by atoms with Gasteiger partial charge in [0, 0.05) is 12.5 Å². The second kappa shape index (κ2) is 6.89. The maximum Gasteiger partial charge on any atom is 0.329 e. The van der Waals surface area contributed by atoms with Crippen LogP contribution in [0.15, 0.2) is 0 Å². The molecule has 3 unspecified atom stereocenters. The summed E-state index contributed by atoms with van der Waals surface area (Å²) in [5.74, 6) is -0.732. The molecule has 1 aliphatic rings. The van der Waals surface area contributed by atoms with Crippen molar-refractivity contribution in [1.29, 1.82) is 0 Å². The second-order valence-corrected chi connectivity index (χ2v) is 5.80. The first-order valence-corrected chi connectivity index (χ1v) is 7.17. The number of carboxylic acids is 1. The lowest BCUT2D eigenvalue weighted by Crippen LogP contribution is -2.57. The van der Waals surface area contributed by atoms with E-state index >= 15 is 0 Å². The highest BCUT2D eigenvalue weighted by Crippen LogP contribution is 2.32. The molecule has 1 rings (SSSR count). The summed E-state index contributed by atoms with van der Waals surface area (Å²) in [7, 11) is 0. The molecule has 0 aromatic carbocycles. The third kappa shape index (κ3) is 4.49. The predicted octanol–water partition coefficient (Wildman–Crippen LogP) is 1.52. The molecule has 0 aromatic heterocycles. The molecule has 3 atom stereocenters. The van der Waals surface area contributed by atoms with E-state index in [1.807, 2.05) is 20.8 Å². The topological polar surface area (TPSA) is 78.4 Å². The molecular weight excluding hydrogens is 244 g/mol. The predicted molar refractivity (Wildman–Crippen MR) is 73.9 cm³/mol. The van der Waals surface area contributed by atoms with E-state index in [-0.39, 0.29) is 11.9 Å². The van der Waals surface area contributed by atoms with Gasteiger partial charge in [-0.15, -0.1) is 0 Å². The van der Waals surface area contributed by atoms with E-state index in [2.05, 4.69) is 10.6 Å². The van der Waals surface area contributed by atoms with Crippen LogP contribution < -0.4 is 10.6 Å². The molecule has 0 aliphatic heterocycles. The largest absolute Gasteiger partial charge is 0.480 e. The lowest BCUT2D eigenvalue weighted by molar-refractivity contribution is -0.150. The zero-order chi connectivity index (χ0) is 14.5. The summed E-state index contributed by atoms with van der Waals surface area (Å²) in [6.45, 7) is 6.76. The minimum absolute atomic E-state index is 0.0665. The average molecular weight is 270 g/mol. The summed E-state index contributed by atoms with van der Waals surface area (Å²) in [5, 5.41) is 15.4. The fraction of sp³-hybridized carbons (Fsp3) is 0.857. The number of nitrogens with one attached hydrogen (secondary N) is 2. The van der Waals surface area contributed by atoms with Gasteiger partial charge in [-0.3, -0.25) is 4.79 Å². The summed E-state index contributed by atoms with van der Waals surface area (Å²) < 4.78 is 0. The third-order valence-electron chi connectivity index (χ3n) is 3.83. The van der Waals surface area contributed by atoms with E-state index in [4.69, 9.17) is 0 Å².